The SMILES string of the molecule is Cc1cc(C)cc(C(=O)NCC(c2cccs2)N2CCCC2)c1. The minimum Gasteiger partial charge on any atom is -0.350 e. The third-order valence-corrected chi connectivity index (χ3v) is 5.37. The van der Waals surface area contributed by atoms with Crippen molar-refractivity contribution in [2.45, 2.75) is 32.7 Å². The van der Waals surface area contributed by atoms with E-state index >= 15 is 0 Å². The minimum absolute atomic E-state index is 0.0255. The van der Waals surface area contributed by atoms with Crippen LogP contribution in [0.25, 0.3) is 0 Å². The van der Waals surface area contributed by atoms with Crippen molar-refractivity contribution in [3.63, 3.8) is 0 Å². The maximum absolute atomic E-state index is 12.5. The third kappa shape index (κ3) is 4.01. The highest BCUT2D eigenvalue weighted by Gasteiger charge is 2.24. The quantitative estimate of drug-likeness (QED) is 0.902. The van der Waals surface area contributed by atoms with E-state index in [2.05, 4.69) is 33.8 Å². The Kier molecular flexibility index (Phi) is 5.13. The van der Waals surface area contributed by atoms with Gasteiger partial charge in [-0.05, 0) is 63.4 Å². The number of carbonyl (C=O) groups excluding carboxylic acids is 1. The van der Waals surface area contributed by atoms with Crippen LogP contribution in [-0.2, 0) is 0 Å². The summed E-state index contributed by atoms with van der Waals surface area (Å²) < 4.78 is 0. The Morgan fingerprint density at radius 3 is 2.52 bits per heavy atom. The lowest BCUT2D eigenvalue weighted by molar-refractivity contribution is 0.0938. The first-order chi connectivity index (χ1) is 11.1. The molecule has 2 aromatic rings. The maximum Gasteiger partial charge on any atom is 0.251 e. The van der Waals surface area contributed by atoms with E-state index in [1.54, 1.807) is 11.3 Å². The van der Waals surface area contributed by atoms with Gasteiger partial charge in [0.25, 0.3) is 5.91 Å². The van der Waals surface area contributed by atoms with E-state index in [1.807, 2.05) is 26.0 Å². The lowest BCUT2D eigenvalue weighted by Gasteiger charge is -2.27. The Bertz CT molecular complexity index is 640. The van der Waals surface area contributed by atoms with E-state index in [0.29, 0.717) is 12.6 Å². The predicted octanol–water partition coefficient (Wildman–Crippen LogP) is 3.93. The lowest BCUT2D eigenvalue weighted by atomic mass is 10.1. The van der Waals surface area contributed by atoms with Gasteiger partial charge in [0.1, 0.15) is 0 Å². The van der Waals surface area contributed by atoms with Crippen molar-refractivity contribution in [3.05, 3.63) is 57.3 Å². The molecular weight excluding hydrogens is 304 g/mol. The minimum atomic E-state index is 0.0255. The van der Waals surface area contributed by atoms with Crippen molar-refractivity contribution in [2.24, 2.45) is 0 Å². The molecule has 0 saturated carbocycles. The van der Waals surface area contributed by atoms with Gasteiger partial charge in [-0.2, -0.15) is 0 Å². The van der Waals surface area contributed by atoms with Gasteiger partial charge in [-0.3, -0.25) is 9.69 Å². The summed E-state index contributed by atoms with van der Waals surface area (Å²) in [5, 5.41) is 5.26. The summed E-state index contributed by atoms with van der Waals surface area (Å²) in [5.74, 6) is 0.0255. The summed E-state index contributed by atoms with van der Waals surface area (Å²) >= 11 is 1.78. The molecule has 0 aliphatic carbocycles. The smallest absolute Gasteiger partial charge is 0.251 e. The average molecular weight is 328 g/mol. The molecule has 122 valence electrons. The van der Waals surface area contributed by atoms with Crippen LogP contribution < -0.4 is 5.32 Å². The van der Waals surface area contributed by atoms with E-state index in [9.17, 15) is 4.79 Å². The molecule has 1 unspecified atom stereocenters. The van der Waals surface area contributed by atoms with Gasteiger partial charge in [0.05, 0.1) is 6.04 Å². The summed E-state index contributed by atoms with van der Waals surface area (Å²) in [6.45, 7) is 6.99. The summed E-state index contributed by atoms with van der Waals surface area (Å²) in [5.41, 5.74) is 3.02. The van der Waals surface area contributed by atoms with Crippen molar-refractivity contribution in [1.29, 1.82) is 0 Å². The molecule has 1 fully saturated rings. The molecule has 1 atom stereocenters. The molecule has 1 aliphatic heterocycles. The monoisotopic (exact) mass is 328 g/mol. The second kappa shape index (κ2) is 7.28. The van der Waals surface area contributed by atoms with Crippen molar-refractivity contribution in [3.8, 4) is 0 Å². The van der Waals surface area contributed by atoms with Gasteiger partial charge in [-0.25, -0.2) is 0 Å². The zero-order valence-corrected chi connectivity index (χ0v) is 14.7. The molecule has 1 aromatic heterocycles. The highest BCUT2D eigenvalue weighted by atomic mass is 32.1. The fraction of sp³-hybridized carbons (Fsp3) is 0.421. The first-order valence-electron chi connectivity index (χ1n) is 8.27. The van der Waals surface area contributed by atoms with Crippen LogP contribution >= 0.6 is 11.3 Å². The molecule has 23 heavy (non-hydrogen) atoms. The zero-order chi connectivity index (χ0) is 16.2. The molecule has 1 N–H and O–H groups in total. The Hall–Kier alpha value is -1.65. The summed E-state index contributed by atoms with van der Waals surface area (Å²) in [7, 11) is 0. The molecule has 4 heteroatoms. The largest absolute Gasteiger partial charge is 0.350 e. The van der Waals surface area contributed by atoms with Gasteiger partial charge in [0.15, 0.2) is 0 Å². The summed E-state index contributed by atoms with van der Waals surface area (Å²) in [4.78, 5) is 16.3. The first-order valence-corrected chi connectivity index (χ1v) is 9.15. The van der Waals surface area contributed by atoms with Crippen LogP contribution in [0.3, 0.4) is 0 Å². The van der Waals surface area contributed by atoms with Crippen LogP contribution in [0.15, 0.2) is 35.7 Å². The normalized spacial score (nSPS) is 16.4. The zero-order valence-electron chi connectivity index (χ0n) is 13.8. The van der Waals surface area contributed by atoms with Crippen molar-refractivity contribution >= 4 is 17.2 Å². The highest BCUT2D eigenvalue weighted by Crippen LogP contribution is 2.27. The topological polar surface area (TPSA) is 32.3 Å². The van der Waals surface area contributed by atoms with Gasteiger partial charge in [-0.15, -0.1) is 11.3 Å². The van der Waals surface area contributed by atoms with Gasteiger partial charge in [0, 0.05) is 17.0 Å². The predicted molar refractivity (Wildman–Crippen MR) is 96.1 cm³/mol. The van der Waals surface area contributed by atoms with Crippen LogP contribution in [-0.4, -0.2) is 30.4 Å². The van der Waals surface area contributed by atoms with Gasteiger partial charge < -0.3 is 5.32 Å². The lowest BCUT2D eigenvalue weighted by Crippen LogP contribution is -2.36. The highest BCUT2D eigenvalue weighted by molar-refractivity contribution is 7.10. The fourth-order valence-corrected chi connectivity index (χ4v) is 4.20. The van der Waals surface area contributed by atoms with E-state index in [1.165, 1.54) is 17.7 Å². The number of amides is 1. The number of carbonyl (C=O) groups is 1. The van der Waals surface area contributed by atoms with Crippen LogP contribution in [0.2, 0.25) is 0 Å². The Morgan fingerprint density at radius 1 is 1.22 bits per heavy atom. The molecule has 0 spiro atoms. The number of nitrogens with zero attached hydrogens (tertiary/aromatic N) is 1. The standard InChI is InChI=1S/C19H24N2OS/c1-14-10-15(2)12-16(11-14)19(22)20-13-17(18-6-5-9-23-18)21-7-3-4-8-21/h5-6,9-12,17H,3-4,7-8,13H2,1-2H3,(H,20,22). The molecule has 1 saturated heterocycles. The molecule has 3 rings (SSSR count). The number of aryl methyl sites for hydroxylation is 2. The first kappa shape index (κ1) is 16.2. The average Bonchev–Trinajstić information content (AvgIpc) is 3.20. The van der Waals surface area contributed by atoms with Crippen LogP contribution in [0.4, 0.5) is 0 Å². The number of nitrogens with one attached hydrogen (secondary N) is 1. The van der Waals surface area contributed by atoms with E-state index < -0.39 is 0 Å². The molecule has 0 radical (unpaired) electrons. The second-order valence-electron chi connectivity index (χ2n) is 6.36. The fourth-order valence-electron chi connectivity index (χ4n) is 3.34. The number of hydrogen-bond acceptors (Lipinski definition) is 3. The molecule has 1 amide bonds. The van der Waals surface area contributed by atoms with Gasteiger partial charge in [-0.1, -0.05) is 23.3 Å². The van der Waals surface area contributed by atoms with Gasteiger partial charge in [0.2, 0.25) is 0 Å². The van der Waals surface area contributed by atoms with E-state index in [4.69, 9.17) is 0 Å². The van der Waals surface area contributed by atoms with Crippen molar-refractivity contribution < 1.29 is 4.79 Å². The number of likely N-dealkylation sites (tertiary alicyclic amines) is 1. The summed E-state index contributed by atoms with van der Waals surface area (Å²) in [6.07, 6.45) is 2.51. The summed E-state index contributed by atoms with van der Waals surface area (Å²) in [6, 6.07) is 10.6. The molecule has 0 bridgehead atoms. The van der Waals surface area contributed by atoms with Crippen LogP contribution in [0.1, 0.15) is 45.2 Å². The van der Waals surface area contributed by atoms with Crippen molar-refractivity contribution in [2.75, 3.05) is 19.6 Å². The Balaban J connectivity index is 1.69. The molecule has 3 nitrogen and oxygen atoms in total. The van der Waals surface area contributed by atoms with Crippen LogP contribution in [0, 0.1) is 13.8 Å². The molecular formula is C19H24N2OS. The third-order valence-electron chi connectivity index (χ3n) is 4.39. The number of benzene rings is 1. The van der Waals surface area contributed by atoms with Gasteiger partial charge >= 0.3 is 0 Å². The molecule has 2 heterocycles. The second-order valence-corrected chi connectivity index (χ2v) is 7.34. The van der Waals surface area contributed by atoms with Crippen LogP contribution in [0.5, 0.6) is 0 Å². The molecule has 1 aromatic carbocycles. The van der Waals surface area contributed by atoms with E-state index in [0.717, 1.165) is 29.8 Å². The molecule has 1 aliphatic rings. The Morgan fingerprint density at radius 2 is 1.91 bits per heavy atom. The Labute approximate surface area is 142 Å². The maximum atomic E-state index is 12.5. The van der Waals surface area contributed by atoms with Crippen molar-refractivity contribution in [1.82, 2.24) is 10.2 Å². The number of hydrogen-bond donors (Lipinski definition) is 1. The number of rotatable bonds is 5. The number of thiophene rings is 1. The van der Waals surface area contributed by atoms with E-state index in [-0.39, 0.29) is 5.91 Å².